The van der Waals surface area contributed by atoms with Crippen molar-refractivity contribution in [1.29, 1.82) is 5.26 Å². The van der Waals surface area contributed by atoms with Crippen molar-refractivity contribution in [2.45, 2.75) is 51.7 Å². The molecule has 6 heteroatoms. The molecule has 3 rings (SSSR count). The van der Waals surface area contributed by atoms with Gasteiger partial charge in [0.25, 0.3) is 5.56 Å². The number of rotatable bonds is 3. The van der Waals surface area contributed by atoms with Gasteiger partial charge in [-0.25, -0.2) is 0 Å². The maximum atomic E-state index is 13.5. The lowest BCUT2D eigenvalue weighted by molar-refractivity contribution is -0.137. The fraction of sp³-hybridized carbons (Fsp3) is 0.429. The Morgan fingerprint density at radius 2 is 1.89 bits per heavy atom. The van der Waals surface area contributed by atoms with Crippen molar-refractivity contribution in [1.82, 2.24) is 4.57 Å². The first-order chi connectivity index (χ1) is 12.8. The Hall–Kier alpha value is -2.55. The van der Waals surface area contributed by atoms with E-state index in [-0.39, 0.29) is 11.6 Å². The molecule has 1 aromatic carbocycles. The van der Waals surface area contributed by atoms with Crippen LogP contribution in [0.4, 0.5) is 13.2 Å². The molecule has 0 N–H and O–H groups in total. The summed E-state index contributed by atoms with van der Waals surface area (Å²) in [6.07, 6.45) is 0.403. The summed E-state index contributed by atoms with van der Waals surface area (Å²) in [5.74, 6) is 0.239. The maximum absolute atomic E-state index is 13.5. The van der Waals surface area contributed by atoms with Crippen molar-refractivity contribution in [3.05, 3.63) is 57.4 Å². The molecular formula is C21H21F3N2O. The van der Waals surface area contributed by atoms with Gasteiger partial charge in [0, 0.05) is 6.54 Å². The van der Waals surface area contributed by atoms with Crippen LogP contribution in [0.25, 0.3) is 11.3 Å². The SMILES string of the molecule is Cc1cccc(-c2cc(C(F)(F)F)c(C#N)c(=O)n2CC2CCCCC2)c1. The van der Waals surface area contributed by atoms with Gasteiger partial charge in [-0.15, -0.1) is 0 Å². The third kappa shape index (κ3) is 4.08. The van der Waals surface area contributed by atoms with Gasteiger partial charge in [0.2, 0.25) is 0 Å². The van der Waals surface area contributed by atoms with Crippen LogP contribution in [0.3, 0.4) is 0 Å². The number of aryl methyl sites for hydroxylation is 1. The molecule has 1 heterocycles. The number of hydrogen-bond acceptors (Lipinski definition) is 2. The van der Waals surface area contributed by atoms with Gasteiger partial charge in [-0.1, -0.05) is 43.0 Å². The highest BCUT2D eigenvalue weighted by Crippen LogP contribution is 2.34. The van der Waals surface area contributed by atoms with Crippen LogP contribution < -0.4 is 5.56 Å². The lowest BCUT2D eigenvalue weighted by atomic mass is 9.89. The van der Waals surface area contributed by atoms with Gasteiger partial charge in [-0.2, -0.15) is 18.4 Å². The highest BCUT2D eigenvalue weighted by atomic mass is 19.4. The molecule has 1 aliphatic rings. The largest absolute Gasteiger partial charge is 0.417 e. The van der Waals surface area contributed by atoms with E-state index in [0.717, 1.165) is 43.7 Å². The quantitative estimate of drug-likeness (QED) is 0.732. The predicted molar refractivity (Wildman–Crippen MR) is 97.2 cm³/mol. The molecule has 0 aliphatic heterocycles. The molecule has 0 unspecified atom stereocenters. The summed E-state index contributed by atoms with van der Waals surface area (Å²) in [6.45, 7) is 2.19. The average molecular weight is 374 g/mol. The summed E-state index contributed by atoms with van der Waals surface area (Å²) in [6, 6.07) is 9.51. The average Bonchev–Trinajstić information content (AvgIpc) is 2.63. The highest BCUT2D eigenvalue weighted by molar-refractivity contribution is 5.63. The van der Waals surface area contributed by atoms with E-state index >= 15 is 0 Å². The molecule has 2 aromatic rings. The number of alkyl halides is 3. The van der Waals surface area contributed by atoms with Crippen molar-refractivity contribution < 1.29 is 13.2 Å². The molecule has 142 valence electrons. The van der Waals surface area contributed by atoms with E-state index in [2.05, 4.69) is 0 Å². The molecule has 0 spiro atoms. The van der Waals surface area contributed by atoms with E-state index in [1.807, 2.05) is 13.0 Å². The summed E-state index contributed by atoms with van der Waals surface area (Å²) >= 11 is 0. The molecule has 0 atom stereocenters. The summed E-state index contributed by atoms with van der Waals surface area (Å²) < 4.78 is 41.8. The second-order valence-electron chi connectivity index (χ2n) is 7.22. The third-order valence-electron chi connectivity index (χ3n) is 5.20. The first kappa shape index (κ1) is 19.2. The topological polar surface area (TPSA) is 45.8 Å². The third-order valence-corrected chi connectivity index (χ3v) is 5.20. The molecular weight excluding hydrogens is 353 g/mol. The van der Waals surface area contributed by atoms with Crippen LogP contribution in [0.5, 0.6) is 0 Å². The maximum Gasteiger partial charge on any atom is 0.417 e. The van der Waals surface area contributed by atoms with Crippen LogP contribution >= 0.6 is 0 Å². The second kappa shape index (κ2) is 7.59. The Balaban J connectivity index is 2.22. The minimum absolute atomic E-state index is 0.223. The summed E-state index contributed by atoms with van der Waals surface area (Å²) in [5.41, 5.74) is -1.17. The van der Waals surface area contributed by atoms with Crippen molar-refractivity contribution in [3.8, 4) is 17.3 Å². The fourth-order valence-corrected chi connectivity index (χ4v) is 3.83. The molecule has 0 amide bonds. The van der Waals surface area contributed by atoms with Crippen molar-refractivity contribution in [2.75, 3.05) is 0 Å². The Bertz CT molecular complexity index is 932. The van der Waals surface area contributed by atoms with Gasteiger partial charge in [0.1, 0.15) is 11.6 Å². The number of nitriles is 1. The van der Waals surface area contributed by atoms with Gasteiger partial charge in [0.05, 0.1) is 11.3 Å². The summed E-state index contributed by atoms with van der Waals surface area (Å²) in [7, 11) is 0. The molecule has 27 heavy (non-hydrogen) atoms. The monoisotopic (exact) mass is 374 g/mol. The Labute approximate surface area is 156 Å². The van der Waals surface area contributed by atoms with Gasteiger partial charge >= 0.3 is 6.18 Å². The van der Waals surface area contributed by atoms with Gasteiger partial charge in [0.15, 0.2) is 0 Å². The molecule has 1 fully saturated rings. The number of nitrogens with zero attached hydrogens (tertiary/aromatic N) is 2. The first-order valence-corrected chi connectivity index (χ1v) is 9.13. The first-order valence-electron chi connectivity index (χ1n) is 9.13. The van der Waals surface area contributed by atoms with Crippen LogP contribution in [0.2, 0.25) is 0 Å². The normalized spacial score (nSPS) is 15.5. The zero-order valence-electron chi connectivity index (χ0n) is 15.1. The van der Waals surface area contributed by atoms with E-state index < -0.39 is 22.9 Å². The van der Waals surface area contributed by atoms with Crippen molar-refractivity contribution in [3.63, 3.8) is 0 Å². The zero-order valence-corrected chi connectivity index (χ0v) is 15.1. The van der Waals surface area contributed by atoms with E-state index in [9.17, 15) is 23.2 Å². The molecule has 1 aromatic heterocycles. The number of hydrogen-bond donors (Lipinski definition) is 0. The minimum Gasteiger partial charge on any atom is -0.307 e. The van der Waals surface area contributed by atoms with Crippen LogP contribution in [-0.2, 0) is 12.7 Å². The van der Waals surface area contributed by atoms with Crippen molar-refractivity contribution >= 4 is 0 Å². The lowest BCUT2D eigenvalue weighted by Crippen LogP contribution is -2.31. The Morgan fingerprint density at radius 1 is 1.19 bits per heavy atom. The van der Waals surface area contributed by atoms with Gasteiger partial charge < -0.3 is 4.57 Å². The van der Waals surface area contributed by atoms with E-state index in [1.54, 1.807) is 18.2 Å². The number of halogens is 3. The molecule has 0 bridgehead atoms. The van der Waals surface area contributed by atoms with Crippen molar-refractivity contribution in [2.24, 2.45) is 5.92 Å². The molecule has 3 nitrogen and oxygen atoms in total. The zero-order chi connectivity index (χ0) is 19.6. The van der Waals surface area contributed by atoms with Gasteiger partial charge in [-0.05, 0) is 43.4 Å². The van der Waals surface area contributed by atoms with Crippen LogP contribution in [0.15, 0.2) is 35.1 Å². The predicted octanol–water partition coefficient (Wildman–Crippen LogP) is 5.29. The highest BCUT2D eigenvalue weighted by Gasteiger charge is 2.36. The second-order valence-corrected chi connectivity index (χ2v) is 7.22. The number of pyridine rings is 1. The van der Waals surface area contributed by atoms with Crippen LogP contribution in [0.1, 0.15) is 48.8 Å². The molecule has 0 radical (unpaired) electrons. The summed E-state index contributed by atoms with van der Waals surface area (Å²) in [5, 5.41) is 9.24. The molecule has 1 saturated carbocycles. The summed E-state index contributed by atoms with van der Waals surface area (Å²) in [4.78, 5) is 12.9. The fourth-order valence-electron chi connectivity index (χ4n) is 3.83. The van der Waals surface area contributed by atoms with Gasteiger partial charge in [-0.3, -0.25) is 4.79 Å². The van der Waals surface area contributed by atoms with E-state index in [1.165, 1.54) is 10.6 Å². The lowest BCUT2D eigenvalue weighted by Gasteiger charge is -2.25. The Morgan fingerprint density at radius 3 is 2.48 bits per heavy atom. The smallest absolute Gasteiger partial charge is 0.307 e. The van der Waals surface area contributed by atoms with Crippen LogP contribution in [-0.4, -0.2) is 4.57 Å². The van der Waals surface area contributed by atoms with Crippen LogP contribution in [0, 0.1) is 24.2 Å². The standard InChI is InChI=1S/C21H21F3N2O/c1-14-6-5-9-16(10-14)19-11-18(21(22,23)24)17(12-25)20(27)26(19)13-15-7-3-2-4-8-15/h5-6,9-11,15H,2-4,7-8,13H2,1H3. The van der Waals surface area contributed by atoms with E-state index in [4.69, 9.17) is 0 Å². The van der Waals surface area contributed by atoms with E-state index in [0.29, 0.717) is 12.1 Å². The number of benzene rings is 1. The Kier molecular flexibility index (Phi) is 5.41. The molecule has 0 saturated heterocycles. The number of aromatic nitrogens is 1. The minimum atomic E-state index is -4.76. The molecule has 1 aliphatic carbocycles.